The van der Waals surface area contributed by atoms with Crippen LogP contribution in [0.15, 0.2) is 84.1 Å². The van der Waals surface area contributed by atoms with Crippen molar-refractivity contribution in [2.24, 2.45) is 4.99 Å². The number of carbonyl (C=O) groups excluding carboxylic acids is 1. The second kappa shape index (κ2) is 14.8. The second-order valence-corrected chi connectivity index (χ2v) is 12.2. The molecule has 12 heteroatoms. The smallest absolute Gasteiger partial charge is 0.406 e. The van der Waals surface area contributed by atoms with Gasteiger partial charge in [0.05, 0.1) is 5.69 Å². The maximum atomic E-state index is 12.8. The number of nitrogens with one attached hydrogen (secondary N) is 1. The number of hydrogen-bond acceptors (Lipinski definition) is 5. The highest BCUT2D eigenvalue weighted by atomic mass is 32.2. The van der Waals surface area contributed by atoms with Crippen LogP contribution in [0.2, 0.25) is 0 Å². The average Bonchev–Trinajstić information content (AvgIpc) is 3.53. The Labute approximate surface area is 271 Å². The van der Waals surface area contributed by atoms with Crippen LogP contribution in [-0.2, 0) is 6.42 Å². The highest BCUT2D eigenvalue weighted by molar-refractivity contribution is 8.14. The number of halogens is 3. The third-order valence-corrected chi connectivity index (χ3v) is 8.88. The molecule has 0 bridgehead atoms. The predicted molar refractivity (Wildman–Crippen MR) is 177 cm³/mol. The molecule has 2 atom stereocenters. The minimum atomic E-state index is -4.74. The van der Waals surface area contributed by atoms with E-state index in [2.05, 4.69) is 62.9 Å². The number of amidine groups is 1. The standard InChI is InChI=1S/C34H37F3N6O2S/c1-4-25-9-5-6-10-30(25)43-24(3)19-21-46-33(43)40-32(44)38-20-7-8-23(2)26-11-13-27(14-12-26)31-39-22-42(41-31)28-15-17-29(18-16-28)45-34(35,36)37/h5-6,9-18,22-24H,4,7-8,19-21H2,1-3H3,(H,38,44)/b40-33-. The first-order valence-electron chi connectivity index (χ1n) is 15.4. The van der Waals surface area contributed by atoms with Crippen LogP contribution in [0.4, 0.5) is 23.7 Å². The third kappa shape index (κ3) is 8.48. The normalized spacial score (nSPS) is 16.8. The molecule has 1 aliphatic rings. The highest BCUT2D eigenvalue weighted by Gasteiger charge is 2.31. The molecule has 2 amide bonds. The molecular formula is C34H37F3N6O2S. The zero-order valence-electron chi connectivity index (χ0n) is 26.0. The third-order valence-electron chi connectivity index (χ3n) is 7.90. The van der Waals surface area contributed by atoms with Crippen LogP contribution in [0.3, 0.4) is 0 Å². The van der Waals surface area contributed by atoms with Gasteiger partial charge in [-0.3, -0.25) is 0 Å². The Morgan fingerprint density at radius 3 is 2.57 bits per heavy atom. The van der Waals surface area contributed by atoms with E-state index in [-0.39, 0.29) is 23.7 Å². The molecule has 0 radical (unpaired) electrons. The molecular weight excluding hydrogens is 613 g/mol. The number of carbonyl (C=O) groups is 1. The number of amides is 2. The number of aromatic nitrogens is 3. The van der Waals surface area contributed by atoms with Crippen molar-refractivity contribution in [3.05, 3.63) is 90.3 Å². The molecule has 46 heavy (non-hydrogen) atoms. The van der Waals surface area contributed by atoms with Gasteiger partial charge in [0.25, 0.3) is 0 Å². The Hall–Kier alpha value is -4.32. The molecule has 1 aliphatic heterocycles. The summed E-state index contributed by atoms with van der Waals surface area (Å²) < 4.78 is 42.7. The molecule has 0 aliphatic carbocycles. The molecule has 0 spiro atoms. The second-order valence-electron chi connectivity index (χ2n) is 11.2. The summed E-state index contributed by atoms with van der Waals surface area (Å²) in [5, 5.41) is 8.19. The Morgan fingerprint density at radius 2 is 1.85 bits per heavy atom. The molecule has 1 aromatic heterocycles. The Kier molecular flexibility index (Phi) is 10.7. The molecule has 1 N–H and O–H groups in total. The van der Waals surface area contributed by atoms with Crippen molar-refractivity contribution in [3.63, 3.8) is 0 Å². The number of hydrogen-bond donors (Lipinski definition) is 1. The fourth-order valence-corrected chi connectivity index (χ4v) is 6.56. The minimum absolute atomic E-state index is 0.265. The van der Waals surface area contributed by atoms with Crippen molar-refractivity contribution >= 4 is 28.6 Å². The van der Waals surface area contributed by atoms with Crippen molar-refractivity contribution in [1.29, 1.82) is 0 Å². The summed E-state index contributed by atoms with van der Waals surface area (Å²) in [4.78, 5) is 23.8. The van der Waals surface area contributed by atoms with Gasteiger partial charge in [0.15, 0.2) is 11.0 Å². The number of urea groups is 1. The lowest BCUT2D eigenvalue weighted by Gasteiger charge is -2.36. The Morgan fingerprint density at radius 1 is 1.11 bits per heavy atom. The molecule has 4 aromatic rings. The van der Waals surface area contributed by atoms with E-state index in [9.17, 15) is 18.0 Å². The molecule has 242 valence electrons. The van der Waals surface area contributed by atoms with Crippen molar-refractivity contribution in [2.75, 3.05) is 17.2 Å². The van der Waals surface area contributed by atoms with Crippen LogP contribution in [0, 0.1) is 0 Å². The highest BCUT2D eigenvalue weighted by Crippen LogP contribution is 2.32. The van der Waals surface area contributed by atoms with E-state index in [1.807, 2.05) is 36.4 Å². The van der Waals surface area contributed by atoms with Crippen molar-refractivity contribution in [3.8, 4) is 22.8 Å². The Balaban J connectivity index is 1.12. The number of ether oxygens (including phenoxy) is 1. The van der Waals surface area contributed by atoms with E-state index in [0.717, 1.165) is 53.4 Å². The first kappa shape index (κ1) is 33.1. The van der Waals surface area contributed by atoms with Gasteiger partial charge < -0.3 is 15.0 Å². The van der Waals surface area contributed by atoms with Crippen LogP contribution in [0.5, 0.6) is 5.75 Å². The lowest BCUT2D eigenvalue weighted by molar-refractivity contribution is -0.274. The van der Waals surface area contributed by atoms with Gasteiger partial charge in [-0.25, -0.2) is 14.5 Å². The fourth-order valence-electron chi connectivity index (χ4n) is 5.36. The molecule has 3 aromatic carbocycles. The molecule has 5 rings (SSSR count). The number of aryl methyl sites for hydroxylation is 1. The van der Waals surface area contributed by atoms with E-state index in [0.29, 0.717) is 18.1 Å². The van der Waals surface area contributed by atoms with Gasteiger partial charge in [-0.1, -0.05) is 68.1 Å². The monoisotopic (exact) mass is 650 g/mol. The van der Waals surface area contributed by atoms with Gasteiger partial charge in [-0.05, 0) is 80.0 Å². The topological polar surface area (TPSA) is 84.6 Å². The number of aliphatic imine (C=N–C) groups is 1. The summed E-state index contributed by atoms with van der Waals surface area (Å²) in [5.74, 6) is 1.41. The first-order chi connectivity index (χ1) is 22.1. The SMILES string of the molecule is CCc1ccccc1N1/C(=N/C(=O)NCCCC(C)c2ccc(-c3ncn(-c4ccc(OC(F)(F)F)cc4)n3)cc2)SCCC1C. The fraction of sp³-hybridized carbons (Fsp3) is 0.353. The number of thioether (sulfide) groups is 1. The lowest BCUT2D eigenvalue weighted by atomic mass is 9.95. The van der Waals surface area contributed by atoms with Crippen LogP contribution in [0.25, 0.3) is 17.1 Å². The van der Waals surface area contributed by atoms with E-state index in [1.165, 1.54) is 40.8 Å². The summed E-state index contributed by atoms with van der Waals surface area (Å²) in [6, 6.07) is 21.7. The lowest BCUT2D eigenvalue weighted by Crippen LogP contribution is -2.42. The number of para-hydroxylation sites is 1. The van der Waals surface area contributed by atoms with Crippen LogP contribution < -0.4 is 15.0 Å². The number of alkyl halides is 3. The van der Waals surface area contributed by atoms with E-state index >= 15 is 0 Å². The molecule has 0 saturated carbocycles. The number of nitrogens with zero attached hydrogens (tertiary/aromatic N) is 5. The van der Waals surface area contributed by atoms with Crippen LogP contribution in [-0.4, -0.2) is 50.7 Å². The summed E-state index contributed by atoms with van der Waals surface area (Å²) in [6.45, 7) is 7.01. The van der Waals surface area contributed by atoms with Gasteiger partial charge in [-0.15, -0.1) is 18.3 Å². The number of anilines is 1. The average molecular weight is 651 g/mol. The summed E-state index contributed by atoms with van der Waals surface area (Å²) in [6.07, 6.45) is 0.414. The van der Waals surface area contributed by atoms with Crippen LogP contribution in [0.1, 0.15) is 57.1 Å². The quantitative estimate of drug-likeness (QED) is 0.174. The molecule has 2 heterocycles. The van der Waals surface area contributed by atoms with Gasteiger partial charge in [-0.2, -0.15) is 4.99 Å². The zero-order chi connectivity index (χ0) is 32.7. The Bertz CT molecular complexity index is 1640. The van der Waals surface area contributed by atoms with Crippen molar-refractivity contribution in [1.82, 2.24) is 20.1 Å². The molecule has 1 fully saturated rings. The molecule has 2 unspecified atom stereocenters. The predicted octanol–water partition coefficient (Wildman–Crippen LogP) is 8.38. The molecule has 1 saturated heterocycles. The largest absolute Gasteiger partial charge is 0.573 e. The maximum absolute atomic E-state index is 12.8. The summed E-state index contributed by atoms with van der Waals surface area (Å²) >= 11 is 1.63. The summed E-state index contributed by atoms with van der Waals surface area (Å²) in [5.41, 5.74) is 4.90. The van der Waals surface area contributed by atoms with Crippen LogP contribution >= 0.6 is 11.8 Å². The molecule has 8 nitrogen and oxygen atoms in total. The van der Waals surface area contributed by atoms with Crippen molar-refractivity contribution in [2.45, 2.75) is 64.8 Å². The van der Waals surface area contributed by atoms with E-state index in [4.69, 9.17) is 0 Å². The van der Waals surface area contributed by atoms with Crippen molar-refractivity contribution < 1.29 is 22.7 Å². The van der Waals surface area contributed by atoms with Gasteiger partial charge in [0, 0.05) is 29.6 Å². The van der Waals surface area contributed by atoms with Gasteiger partial charge in [0.2, 0.25) is 0 Å². The minimum Gasteiger partial charge on any atom is -0.406 e. The van der Waals surface area contributed by atoms with E-state index < -0.39 is 6.36 Å². The zero-order valence-corrected chi connectivity index (χ0v) is 26.8. The summed E-state index contributed by atoms with van der Waals surface area (Å²) in [7, 11) is 0. The first-order valence-corrected chi connectivity index (χ1v) is 16.3. The maximum Gasteiger partial charge on any atom is 0.573 e. The number of rotatable bonds is 10. The van der Waals surface area contributed by atoms with Gasteiger partial charge in [0.1, 0.15) is 12.1 Å². The number of benzene rings is 3. The van der Waals surface area contributed by atoms with E-state index in [1.54, 1.807) is 11.8 Å². The van der Waals surface area contributed by atoms with Gasteiger partial charge >= 0.3 is 12.4 Å².